The summed E-state index contributed by atoms with van der Waals surface area (Å²) in [6, 6.07) is 4.04. The molecule has 0 unspecified atom stereocenters. The molecule has 2 aromatic rings. The molecule has 2 aromatic heterocycles. The summed E-state index contributed by atoms with van der Waals surface area (Å²) in [4.78, 5) is 8.59. The number of nitrogens with one attached hydrogen (secondary N) is 1. The predicted molar refractivity (Wildman–Crippen MR) is 88.5 cm³/mol. The number of methoxy groups -OCH3 is 1. The van der Waals surface area contributed by atoms with E-state index in [1.807, 2.05) is 19.9 Å². The number of nitrogens with zero attached hydrogens (tertiary/aromatic N) is 4. The molecule has 0 radical (unpaired) electrons. The fourth-order valence-electron chi connectivity index (χ4n) is 2.42. The molecule has 2 rings (SSSR count). The average molecular weight is 301 g/mol. The highest BCUT2D eigenvalue weighted by Crippen LogP contribution is 2.13. The van der Waals surface area contributed by atoms with Gasteiger partial charge in [0, 0.05) is 42.0 Å². The zero-order chi connectivity index (χ0) is 16.1. The van der Waals surface area contributed by atoms with Gasteiger partial charge in [0.15, 0.2) is 0 Å². The Labute approximate surface area is 131 Å². The van der Waals surface area contributed by atoms with E-state index in [9.17, 15) is 0 Å². The number of hydrogen-bond donors (Lipinski definition) is 1. The van der Waals surface area contributed by atoms with Crippen molar-refractivity contribution in [1.29, 1.82) is 0 Å². The SMILES string of the molecule is COCCn1c(C)cc(/C=N\Nc2nc(C)cc(C)n2)c1C. The summed E-state index contributed by atoms with van der Waals surface area (Å²) in [6.07, 6.45) is 1.80. The van der Waals surface area contributed by atoms with Gasteiger partial charge in [0.05, 0.1) is 12.8 Å². The number of hydrazone groups is 1. The summed E-state index contributed by atoms with van der Waals surface area (Å²) in [6.45, 7) is 9.58. The van der Waals surface area contributed by atoms with Crippen LogP contribution < -0.4 is 5.43 Å². The van der Waals surface area contributed by atoms with Gasteiger partial charge < -0.3 is 9.30 Å². The van der Waals surface area contributed by atoms with E-state index in [2.05, 4.69) is 45.0 Å². The minimum absolute atomic E-state index is 0.516. The Hall–Kier alpha value is -2.21. The largest absolute Gasteiger partial charge is 0.383 e. The van der Waals surface area contributed by atoms with Gasteiger partial charge in [-0.2, -0.15) is 5.10 Å². The Bertz CT molecular complexity index is 655. The van der Waals surface area contributed by atoms with Gasteiger partial charge in [0.1, 0.15) is 0 Å². The molecule has 0 aliphatic heterocycles. The number of aromatic nitrogens is 3. The molecule has 0 amide bonds. The van der Waals surface area contributed by atoms with E-state index in [1.54, 1.807) is 13.3 Å². The second kappa shape index (κ2) is 7.17. The van der Waals surface area contributed by atoms with Crippen molar-refractivity contribution < 1.29 is 4.74 Å². The van der Waals surface area contributed by atoms with Crippen LogP contribution in [-0.4, -0.2) is 34.5 Å². The molecule has 0 aliphatic rings. The van der Waals surface area contributed by atoms with Crippen molar-refractivity contribution in [1.82, 2.24) is 14.5 Å². The number of hydrogen-bond acceptors (Lipinski definition) is 5. The van der Waals surface area contributed by atoms with Gasteiger partial charge in [0.25, 0.3) is 0 Å². The Morgan fingerprint density at radius 1 is 1.18 bits per heavy atom. The lowest BCUT2D eigenvalue weighted by molar-refractivity contribution is 0.186. The van der Waals surface area contributed by atoms with Crippen molar-refractivity contribution in [3.05, 3.63) is 40.5 Å². The van der Waals surface area contributed by atoms with Crippen LogP contribution in [0.1, 0.15) is 28.3 Å². The third-order valence-electron chi connectivity index (χ3n) is 3.48. The molecule has 6 nitrogen and oxygen atoms in total. The maximum Gasteiger partial charge on any atom is 0.243 e. The minimum atomic E-state index is 0.516. The second-order valence-corrected chi connectivity index (χ2v) is 5.32. The zero-order valence-corrected chi connectivity index (χ0v) is 13.8. The first-order valence-corrected chi connectivity index (χ1v) is 7.28. The van der Waals surface area contributed by atoms with Crippen LogP contribution in [0.3, 0.4) is 0 Å². The van der Waals surface area contributed by atoms with Crippen LogP contribution in [0, 0.1) is 27.7 Å². The second-order valence-electron chi connectivity index (χ2n) is 5.32. The minimum Gasteiger partial charge on any atom is -0.383 e. The molecular formula is C16H23N5O. The average Bonchev–Trinajstić information content (AvgIpc) is 2.70. The first-order chi connectivity index (χ1) is 10.5. The molecule has 0 aliphatic carbocycles. The number of rotatable bonds is 6. The Morgan fingerprint density at radius 2 is 1.86 bits per heavy atom. The molecule has 6 heteroatoms. The molecule has 0 saturated heterocycles. The van der Waals surface area contributed by atoms with Crippen LogP contribution in [-0.2, 0) is 11.3 Å². The molecule has 118 valence electrons. The highest BCUT2D eigenvalue weighted by molar-refractivity contribution is 5.82. The maximum atomic E-state index is 5.14. The zero-order valence-electron chi connectivity index (χ0n) is 13.8. The molecule has 2 heterocycles. The third kappa shape index (κ3) is 3.92. The topological polar surface area (TPSA) is 64.3 Å². The van der Waals surface area contributed by atoms with Crippen LogP contribution in [0.25, 0.3) is 0 Å². The van der Waals surface area contributed by atoms with Crippen molar-refractivity contribution in [3.63, 3.8) is 0 Å². The Balaban J connectivity index is 2.10. The normalized spacial score (nSPS) is 11.3. The lowest BCUT2D eigenvalue weighted by Crippen LogP contribution is -2.07. The van der Waals surface area contributed by atoms with Gasteiger partial charge >= 0.3 is 0 Å². The van der Waals surface area contributed by atoms with E-state index in [-0.39, 0.29) is 0 Å². The van der Waals surface area contributed by atoms with Gasteiger partial charge in [-0.15, -0.1) is 0 Å². The van der Waals surface area contributed by atoms with Crippen LogP contribution in [0.2, 0.25) is 0 Å². The van der Waals surface area contributed by atoms with E-state index in [4.69, 9.17) is 4.74 Å². The molecule has 0 saturated carbocycles. The fraction of sp³-hybridized carbons (Fsp3) is 0.438. The molecule has 0 bridgehead atoms. The third-order valence-corrected chi connectivity index (χ3v) is 3.48. The molecular weight excluding hydrogens is 278 g/mol. The van der Waals surface area contributed by atoms with Gasteiger partial charge in [-0.3, -0.25) is 0 Å². The van der Waals surface area contributed by atoms with Crippen LogP contribution in [0.15, 0.2) is 17.2 Å². The van der Waals surface area contributed by atoms with E-state index in [0.717, 1.165) is 23.5 Å². The lowest BCUT2D eigenvalue weighted by Gasteiger charge is -2.08. The van der Waals surface area contributed by atoms with Crippen molar-refractivity contribution >= 4 is 12.2 Å². The maximum absolute atomic E-state index is 5.14. The summed E-state index contributed by atoms with van der Waals surface area (Å²) in [7, 11) is 1.71. The molecule has 22 heavy (non-hydrogen) atoms. The smallest absolute Gasteiger partial charge is 0.243 e. The van der Waals surface area contributed by atoms with Gasteiger partial charge in [0.2, 0.25) is 5.95 Å². The van der Waals surface area contributed by atoms with E-state index >= 15 is 0 Å². The first-order valence-electron chi connectivity index (χ1n) is 7.28. The fourth-order valence-corrected chi connectivity index (χ4v) is 2.42. The van der Waals surface area contributed by atoms with Crippen molar-refractivity contribution in [3.8, 4) is 0 Å². The summed E-state index contributed by atoms with van der Waals surface area (Å²) in [5.41, 5.74) is 8.16. The number of ether oxygens (including phenoxy) is 1. The predicted octanol–water partition coefficient (Wildman–Crippen LogP) is 2.60. The van der Waals surface area contributed by atoms with Crippen LogP contribution in [0.5, 0.6) is 0 Å². The molecule has 0 atom stereocenters. The standard InChI is InChI=1S/C16H23N5O/c1-11-8-12(2)19-16(18-11)20-17-10-15-9-13(3)21(14(15)4)6-7-22-5/h8-10H,6-7H2,1-5H3,(H,18,19,20)/b17-10-. The summed E-state index contributed by atoms with van der Waals surface area (Å²) in [5.74, 6) is 0.516. The quantitative estimate of drug-likeness (QED) is 0.658. The lowest BCUT2D eigenvalue weighted by atomic mass is 10.3. The first kappa shape index (κ1) is 16.2. The Kier molecular flexibility index (Phi) is 5.27. The van der Waals surface area contributed by atoms with E-state index < -0.39 is 0 Å². The van der Waals surface area contributed by atoms with Crippen molar-refractivity contribution in [2.45, 2.75) is 34.2 Å². The monoisotopic (exact) mass is 301 g/mol. The van der Waals surface area contributed by atoms with Crippen LogP contribution in [0.4, 0.5) is 5.95 Å². The van der Waals surface area contributed by atoms with E-state index in [1.165, 1.54) is 11.4 Å². The number of aryl methyl sites for hydroxylation is 3. The molecule has 0 aromatic carbocycles. The number of anilines is 1. The van der Waals surface area contributed by atoms with Crippen molar-refractivity contribution in [2.75, 3.05) is 19.1 Å². The highest BCUT2D eigenvalue weighted by atomic mass is 16.5. The van der Waals surface area contributed by atoms with Gasteiger partial charge in [-0.05, 0) is 39.8 Å². The van der Waals surface area contributed by atoms with Crippen LogP contribution >= 0.6 is 0 Å². The summed E-state index contributed by atoms with van der Waals surface area (Å²) < 4.78 is 7.36. The van der Waals surface area contributed by atoms with E-state index in [0.29, 0.717) is 12.6 Å². The van der Waals surface area contributed by atoms with Crippen molar-refractivity contribution in [2.24, 2.45) is 5.10 Å². The Morgan fingerprint density at radius 3 is 2.50 bits per heavy atom. The highest BCUT2D eigenvalue weighted by Gasteiger charge is 2.07. The van der Waals surface area contributed by atoms with Gasteiger partial charge in [-0.25, -0.2) is 15.4 Å². The summed E-state index contributed by atoms with van der Waals surface area (Å²) >= 11 is 0. The molecule has 1 N–H and O–H groups in total. The summed E-state index contributed by atoms with van der Waals surface area (Å²) in [5, 5.41) is 4.25. The molecule has 0 fully saturated rings. The van der Waals surface area contributed by atoms with Gasteiger partial charge in [-0.1, -0.05) is 0 Å². The molecule has 0 spiro atoms.